The number of para-hydroxylation sites is 1. The summed E-state index contributed by atoms with van der Waals surface area (Å²) in [7, 11) is 0. The standard InChI is InChI=1S/C27H24FN3O2/c28-20-11-9-17(10-12-20)26-22(21-7-3-4-8-23(21)30-26)13-14-25(32)31-16-19-6-2-1-5-18(19)15-24(31)27(29)33/h1-12,24,30H,13-16H2,(H2,29,33)/t24-/m0/s1. The number of halogens is 1. The van der Waals surface area contributed by atoms with E-state index in [-0.39, 0.29) is 18.1 Å². The molecule has 0 saturated heterocycles. The fourth-order valence-electron chi connectivity index (χ4n) is 4.74. The molecule has 1 atom stereocenters. The second-order valence-corrected chi connectivity index (χ2v) is 8.44. The molecule has 1 aliphatic rings. The minimum absolute atomic E-state index is 0.108. The molecule has 5 rings (SSSR count). The first-order valence-electron chi connectivity index (χ1n) is 11.0. The van der Waals surface area contributed by atoms with Crippen LogP contribution in [0.2, 0.25) is 0 Å². The number of aromatic amines is 1. The SMILES string of the molecule is NC(=O)[C@@H]1Cc2ccccc2CN1C(=O)CCc1c(-c2ccc(F)cc2)[nH]c2ccccc12. The Balaban J connectivity index is 1.44. The number of benzene rings is 3. The van der Waals surface area contributed by atoms with E-state index in [0.29, 0.717) is 19.4 Å². The van der Waals surface area contributed by atoms with Crippen molar-refractivity contribution in [1.82, 2.24) is 9.88 Å². The van der Waals surface area contributed by atoms with Gasteiger partial charge < -0.3 is 15.6 Å². The molecule has 0 radical (unpaired) electrons. The number of hydrogen-bond acceptors (Lipinski definition) is 2. The maximum Gasteiger partial charge on any atom is 0.240 e. The summed E-state index contributed by atoms with van der Waals surface area (Å²) in [5.41, 5.74) is 11.5. The predicted octanol–water partition coefficient (Wildman–Crippen LogP) is 4.35. The lowest BCUT2D eigenvalue weighted by atomic mass is 9.93. The minimum atomic E-state index is -0.646. The van der Waals surface area contributed by atoms with Crippen LogP contribution in [-0.2, 0) is 29.0 Å². The van der Waals surface area contributed by atoms with Crippen molar-refractivity contribution in [2.75, 3.05) is 0 Å². The Bertz CT molecular complexity index is 1340. The van der Waals surface area contributed by atoms with Crippen molar-refractivity contribution in [2.45, 2.75) is 31.8 Å². The van der Waals surface area contributed by atoms with Crippen molar-refractivity contribution >= 4 is 22.7 Å². The van der Waals surface area contributed by atoms with E-state index >= 15 is 0 Å². The molecule has 1 aliphatic heterocycles. The average molecular weight is 442 g/mol. The van der Waals surface area contributed by atoms with Gasteiger partial charge in [-0.05, 0) is 59.0 Å². The lowest BCUT2D eigenvalue weighted by Gasteiger charge is -2.35. The van der Waals surface area contributed by atoms with Crippen LogP contribution in [0.3, 0.4) is 0 Å². The van der Waals surface area contributed by atoms with Crippen molar-refractivity contribution in [3.05, 3.63) is 95.3 Å². The Morgan fingerprint density at radius 1 is 0.970 bits per heavy atom. The number of nitrogens with one attached hydrogen (secondary N) is 1. The second kappa shape index (κ2) is 8.54. The number of aromatic nitrogens is 1. The number of carbonyl (C=O) groups excluding carboxylic acids is 2. The van der Waals surface area contributed by atoms with E-state index in [1.807, 2.05) is 48.5 Å². The molecule has 0 unspecified atom stereocenters. The second-order valence-electron chi connectivity index (χ2n) is 8.44. The van der Waals surface area contributed by atoms with Crippen molar-refractivity contribution in [1.29, 1.82) is 0 Å². The Kier molecular flexibility index (Phi) is 5.42. The zero-order valence-corrected chi connectivity index (χ0v) is 18.1. The zero-order chi connectivity index (χ0) is 22.9. The number of rotatable bonds is 5. The number of amides is 2. The van der Waals surface area contributed by atoms with Gasteiger partial charge in [-0.3, -0.25) is 9.59 Å². The Morgan fingerprint density at radius 2 is 1.67 bits per heavy atom. The summed E-state index contributed by atoms with van der Waals surface area (Å²) in [6.07, 6.45) is 1.16. The monoisotopic (exact) mass is 441 g/mol. The summed E-state index contributed by atoms with van der Waals surface area (Å²) in [6, 6.07) is 21.4. The van der Waals surface area contributed by atoms with E-state index in [0.717, 1.165) is 38.9 Å². The Morgan fingerprint density at radius 3 is 2.42 bits per heavy atom. The van der Waals surface area contributed by atoms with E-state index in [9.17, 15) is 14.0 Å². The summed E-state index contributed by atoms with van der Waals surface area (Å²) in [6.45, 7) is 0.376. The van der Waals surface area contributed by atoms with E-state index in [1.54, 1.807) is 17.0 Å². The van der Waals surface area contributed by atoms with Gasteiger partial charge in [-0.2, -0.15) is 0 Å². The van der Waals surface area contributed by atoms with Gasteiger partial charge >= 0.3 is 0 Å². The summed E-state index contributed by atoms with van der Waals surface area (Å²) < 4.78 is 13.5. The smallest absolute Gasteiger partial charge is 0.240 e. The number of carbonyl (C=O) groups is 2. The molecule has 3 N–H and O–H groups in total. The fraction of sp³-hybridized carbons (Fsp3) is 0.185. The van der Waals surface area contributed by atoms with Crippen LogP contribution in [0.1, 0.15) is 23.1 Å². The molecule has 0 fully saturated rings. The van der Waals surface area contributed by atoms with Crippen LogP contribution in [0.5, 0.6) is 0 Å². The number of fused-ring (bicyclic) bond motifs is 2. The first kappa shape index (κ1) is 20.9. The molecule has 4 aromatic rings. The van der Waals surface area contributed by atoms with E-state index in [1.165, 1.54) is 12.1 Å². The molecule has 3 aromatic carbocycles. The van der Waals surface area contributed by atoms with Gasteiger partial charge in [0.05, 0.1) is 0 Å². The molecule has 2 heterocycles. The van der Waals surface area contributed by atoms with Crippen LogP contribution >= 0.6 is 0 Å². The number of hydrogen-bond donors (Lipinski definition) is 2. The van der Waals surface area contributed by atoms with Crippen LogP contribution in [0.4, 0.5) is 4.39 Å². The first-order valence-corrected chi connectivity index (χ1v) is 11.0. The van der Waals surface area contributed by atoms with Crippen LogP contribution in [0.15, 0.2) is 72.8 Å². The van der Waals surface area contributed by atoms with Gasteiger partial charge in [0, 0.05) is 36.0 Å². The number of nitrogens with zero attached hydrogens (tertiary/aromatic N) is 1. The van der Waals surface area contributed by atoms with E-state index < -0.39 is 11.9 Å². The minimum Gasteiger partial charge on any atom is -0.368 e. The number of primary amides is 1. The van der Waals surface area contributed by atoms with E-state index in [2.05, 4.69) is 4.98 Å². The van der Waals surface area contributed by atoms with Crippen molar-refractivity contribution in [3.8, 4) is 11.3 Å². The van der Waals surface area contributed by atoms with E-state index in [4.69, 9.17) is 5.73 Å². The van der Waals surface area contributed by atoms with Crippen molar-refractivity contribution in [3.63, 3.8) is 0 Å². The topological polar surface area (TPSA) is 79.2 Å². The molecule has 0 bridgehead atoms. The van der Waals surface area contributed by atoms with Crippen molar-refractivity contribution < 1.29 is 14.0 Å². The molecule has 1 aromatic heterocycles. The lowest BCUT2D eigenvalue weighted by Crippen LogP contribution is -2.51. The average Bonchev–Trinajstić information content (AvgIpc) is 3.20. The number of H-pyrrole nitrogens is 1. The molecule has 166 valence electrons. The van der Waals surface area contributed by atoms with Gasteiger partial charge in [0.25, 0.3) is 0 Å². The third-order valence-corrected chi connectivity index (χ3v) is 6.43. The molecule has 0 spiro atoms. The molecular formula is C27H24FN3O2. The third kappa shape index (κ3) is 4.00. The van der Waals surface area contributed by atoms with Crippen LogP contribution in [0.25, 0.3) is 22.2 Å². The molecule has 0 aliphatic carbocycles. The van der Waals surface area contributed by atoms with Gasteiger partial charge in [0.15, 0.2) is 0 Å². The molecule has 33 heavy (non-hydrogen) atoms. The molecule has 2 amide bonds. The molecule has 6 heteroatoms. The quantitative estimate of drug-likeness (QED) is 0.483. The fourth-order valence-corrected chi connectivity index (χ4v) is 4.74. The van der Waals surface area contributed by atoms with Gasteiger partial charge in [0.1, 0.15) is 11.9 Å². The highest BCUT2D eigenvalue weighted by molar-refractivity contribution is 5.92. The van der Waals surface area contributed by atoms with Crippen LogP contribution in [0, 0.1) is 5.82 Å². The summed E-state index contributed by atoms with van der Waals surface area (Å²) >= 11 is 0. The lowest BCUT2D eigenvalue weighted by molar-refractivity contribution is -0.140. The van der Waals surface area contributed by atoms with Gasteiger partial charge in [-0.15, -0.1) is 0 Å². The Labute approximate surface area is 191 Å². The maximum atomic E-state index is 13.5. The first-order chi connectivity index (χ1) is 16.0. The normalized spacial score (nSPS) is 15.4. The molecular weight excluding hydrogens is 417 g/mol. The van der Waals surface area contributed by atoms with Gasteiger partial charge in [-0.1, -0.05) is 42.5 Å². The third-order valence-electron chi connectivity index (χ3n) is 6.43. The summed E-state index contributed by atoms with van der Waals surface area (Å²) in [5, 5.41) is 1.03. The number of nitrogens with two attached hydrogens (primary N) is 1. The predicted molar refractivity (Wildman–Crippen MR) is 126 cm³/mol. The van der Waals surface area contributed by atoms with Gasteiger partial charge in [-0.25, -0.2) is 4.39 Å². The highest BCUT2D eigenvalue weighted by Crippen LogP contribution is 2.32. The Hall–Kier alpha value is -3.93. The summed E-state index contributed by atoms with van der Waals surface area (Å²) in [4.78, 5) is 30.5. The summed E-state index contributed by atoms with van der Waals surface area (Å²) in [5.74, 6) is -0.893. The number of aryl methyl sites for hydroxylation is 1. The highest BCUT2D eigenvalue weighted by atomic mass is 19.1. The maximum absolute atomic E-state index is 13.5. The van der Waals surface area contributed by atoms with Gasteiger partial charge in [0.2, 0.25) is 11.8 Å². The molecule has 0 saturated carbocycles. The van der Waals surface area contributed by atoms with Crippen LogP contribution < -0.4 is 5.73 Å². The highest BCUT2D eigenvalue weighted by Gasteiger charge is 2.33. The van der Waals surface area contributed by atoms with Crippen LogP contribution in [-0.4, -0.2) is 27.7 Å². The molecule has 5 nitrogen and oxygen atoms in total. The van der Waals surface area contributed by atoms with Crippen molar-refractivity contribution in [2.24, 2.45) is 5.73 Å². The largest absolute Gasteiger partial charge is 0.368 e. The zero-order valence-electron chi connectivity index (χ0n) is 18.1.